The lowest BCUT2D eigenvalue weighted by Crippen LogP contribution is -2.64. The van der Waals surface area contributed by atoms with Crippen LogP contribution in [0.15, 0.2) is 0 Å². The van der Waals surface area contributed by atoms with E-state index in [1.54, 1.807) is 14.0 Å². The first kappa shape index (κ1) is 148. The molecule has 6 atom stereocenters. The van der Waals surface area contributed by atoms with Crippen molar-refractivity contribution in [2.45, 2.75) is 228 Å². The molecule has 0 aromatic rings. The number of carboxylic acid groups (broad SMARTS) is 2. The minimum atomic E-state index is -6.14. The molecule has 3 N–H and O–H groups in total. The Morgan fingerprint density at radius 1 is 0.368 bits per heavy atom. The molecule has 0 aromatic carbocycles. The number of nitrogens with one attached hydrogen (secondary N) is 1. The summed E-state index contributed by atoms with van der Waals surface area (Å²) in [5.74, 6) is -31.3. The van der Waals surface area contributed by atoms with Crippen LogP contribution in [0.1, 0.15) is 104 Å². The number of rotatable bonds is 44. The summed E-state index contributed by atoms with van der Waals surface area (Å²) in [6.07, 6.45) is -34.4. The Morgan fingerprint density at radius 2 is 0.608 bits per heavy atom. The molecule has 0 spiro atoms. The van der Waals surface area contributed by atoms with E-state index in [1.165, 1.54) is 6.92 Å². The fraction of sp³-hybridized carbons (Fsp3) is 0.852. The third kappa shape index (κ3) is 77.8. The number of carboxylic acids is 2. The first-order valence-corrected chi connectivity index (χ1v) is 43.2. The third-order valence-electron chi connectivity index (χ3n) is 11.0. The van der Waals surface area contributed by atoms with Crippen molar-refractivity contribution in [3.63, 3.8) is 0 Å². The van der Waals surface area contributed by atoms with Gasteiger partial charge in [0.05, 0.1) is 90.4 Å². The monoisotopic (exact) mass is 2010 g/mol. The molecule has 758 valence electrons. The number of carbonyl (C=O) groups is 9. The highest BCUT2D eigenvalue weighted by Crippen LogP contribution is 2.40. The highest BCUT2D eigenvalue weighted by Gasteiger charge is 2.67. The molecule has 0 bridgehead atoms. The van der Waals surface area contributed by atoms with E-state index >= 15 is 0 Å². The second kappa shape index (κ2) is 68.3. The summed E-state index contributed by atoms with van der Waals surface area (Å²) in [7, 11) is -10.2. The highest BCUT2D eigenvalue weighted by molar-refractivity contribution is 6.89. The summed E-state index contributed by atoms with van der Waals surface area (Å²) in [6, 6.07) is -18.0. The molecule has 0 saturated heterocycles. The number of hydrogen-bond donors (Lipinski definition) is 3. The van der Waals surface area contributed by atoms with E-state index in [0.717, 1.165) is 26.7 Å². The lowest BCUT2D eigenvalue weighted by Gasteiger charge is -2.43. The van der Waals surface area contributed by atoms with Gasteiger partial charge in [0.2, 0.25) is 8.32 Å². The number of hydrogen-bond acceptors (Lipinski definition) is 22. The van der Waals surface area contributed by atoms with Crippen LogP contribution in [0.3, 0.4) is 0 Å². The van der Waals surface area contributed by atoms with E-state index < -0.39 is 156 Å². The maximum atomic E-state index is 12.8. The molecule has 64 heteroatoms. The lowest BCUT2D eigenvalue weighted by atomic mass is 10.3. The predicted molar refractivity (Wildman–Crippen MR) is 375 cm³/mol. The Hall–Kier alpha value is -5.83. The third-order valence-corrected chi connectivity index (χ3v) is 26.3. The minimum Gasteiger partial charge on any atom is -0.481 e. The molecule has 0 rings (SSSR count). The Bertz CT molecular complexity index is 2690. The van der Waals surface area contributed by atoms with E-state index in [-0.39, 0.29) is 73.0 Å². The van der Waals surface area contributed by atoms with Crippen molar-refractivity contribution in [2.24, 2.45) is 0 Å². The van der Waals surface area contributed by atoms with E-state index in [0.29, 0.717) is 91.4 Å². The fourth-order valence-electron chi connectivity index (χ4n) is 5.98. The van der Waals surface area contributed by atoms with Gasteiger partial charge >= 0.3 is 135 Å². The van der Waals surface area contributed by atoms with Crippen molar-refractivity contribution in [3.8, 4) is 0 Å². The van der Waals surface area contributed by atoms with Crippen molar-refractivity contribution < 1.29 is 266 Å². The Labute approximate surface area is 698 Å². The summed E-state index contributed by atoms with van der Waals surface area (Å²) in [5.41, 5.74) is 0. The molecule has 0 aliphatic carbocycles. The van der Waals surface area contributed by atoms with Gasteiger partial charge in [0, 0.05) is 47.6 Å². The molecule has 6 unspecified atom stereocenters. The van der Waals surface area contributed by atoms with Gasteiger partial charge in [-0.1, -0.05) is 43.6 Å². The summed E-state index contributed by atoms with van der Waals surface area (Å²) in [6.45, 7) is 25.9. The molecular formula is C61H104F35NO24Si4. The summed E-state index contributed by atoms with van der Waals surface area (Å²) in [4.78, 5) is 84.8. The van der Waals surface area contributed by atoms with Gasteiger partial charge in [0.25, 0.3) is 11.9 Å². The molecule has 0 fully saturated rings. The van der Waals surface area contributed by atoms with E-state index in [2.05, 4.69) is 25.3 Å². The molecule has 25 nitrogen and oxygen atoms in total. The fourth-order valence-corrected chi connectivity index (χ4v) is 23.7. The zero-order valence-corrected chi connectivity index (χ0v) is 69.5. The van der Waals surface area contributed by atoms with Crippen LogP contribution in [-0.2, 0) is 97.8 Å². The van der Waals surface area contributed by atoms with Crippen LogP contribution >= 0.6 is 0 Å². The van der Waals surface area contributed by atoms with Gasteiger partial charge in [0.1, 0.15) is 6.10 Å². The second-order valence-corrected chi connectivity index (χ2v) is 38.2. The smallest absolute Gasteiger partial charge is 0.464 e. The van der Waals surface area contributed by atoms with Crippen LogP contribution in [0.25, 0.3) is 0 Å². The molecule has 0 heterocycles. The van der Waals surface area contributed by atoms with Gasteiger partial charge < -0.3 is 74.9 Å². The Kier molecular flexibility index (Phi) is 80.6. The van der Waals surface area contributed by atoms with E-state index in [9.17, 15) is 163 Å². The number of esters is 1. The second-order valence-electron chi connectivity index (χ2n) is 23.7. The molecule has 125 heavy (non-hydrogen) atoms. The van der Waals surface area contributed by atoms with Crippen LogP contribution < -0.4 is 5.32 Å². The van der Waals surface area contributed by atoms with E-state index in [4.69, 9.17) is 103 Å². The average molecular weight is 2010 g/mol. The summed E-state index contributed by atoms with van der Waals surface area (Å²) in [5, 5.41) is 17.0. The molecule has 0 radical (unpaired) electrons. The molecule has 0 aliphatic heterocycles. The average Bonchev–Trinajstić information content (AvgIpc) is 0.782. The van der Waals surface area contributed by atoms with Gasteiger partial charge in [-0.3, -0.25) is 38.4 Å². The van der Waals surface area contributed by atoms with Crippen molar-refractivity contribution in [3.05, 3.63) is 0 Å². The van der Waals surface area contributed by atoms with Gasteiger partial charge in [0.15, 0.2) is 6.67 Å². The molecular weight excluding hydrogens is 1910 g/mol. The Morgan fingerprint density at radius 3 is 0.840 bits per heavy atom. The Balaban J connectivity index is -0.000000133. The lowest BCUT2D eigenvalue weighted by molar-refractivity contribution is -0.274. The van der Waals surface area contributed by atoms with Crippen LogP contribution in [0.5, 0.6) is 0 Å². The van der Waals surface area contributed by atoms with Crippen molar-refractivity contribution >= 4 is 88.3 Å². The number of alkyl halides is 29. The van der Waals surface area contributed by atoms with Crippen LogP contribution in [-0.4, -0.2) is 295 Å². The van der Waals surface area contributed by atoms with E-state index in [1.807, 2.05) is 40.4 Å². The van der Waals surface area contributed by atoms with Gasteiger partial charge in [-0.05, 0) is 78.8 Å². The number of amides is 1. The first-order chi connectivity index (χ1) is 53.8. The molecule has 0 saturated carbocycles. The minimum absolute atomic E-state index is 0. The standard InChI is InChI=1S/C36H78FNO15Si4.5C3F6O.C2H2F4.2C2H4O2.4CH4/c1-13-17-42-19-22-46-30-56(11,53-57(12,31-47-23-20-43-18-14-2)52-55(10,41-7)25-15-16-38-36(37)40)51-54(8,9)29-45-24-21-44-26-32(3)48-27-33(4)49-28-34(5)50-35(6)39;5*4-1(10)2(5,6)3(7,8)9;3-1-2(4,5)6;2*1-2(3)4;;;;/h32-34H,13-31H2,1-12H3,(H,38,40);;;;;;1H2;2*1H3,(H,3,4);4*1H4. The first-order valence-electron chi connectivity index (χ1n) is 32.5. The molecule has 0 aliphatic rings. The number of aliphatic carboxylic acids is 2. The van der Waals surface area contributed by atoms with Crippen LogP contribution in [0.4, 0.5) is 158 Å². The number of halogens is 35. The van der Waals surface area contributed by atoms with Gasteiger partial charge in [-0.2, -0.15) is 145 Å². The topological polar surface area (TPSA) is 326 Å². The molecule has 1 amide bonds. The normalized spacial score (nSPS) is 14.1. The molecule has 0 aromatic heterocycles. The number of carbonyl (C=O) groups excluding carboxylic acids is 7. The van der Waals surface area contributed by atoms with Crippen molar-refractivity contribution in [1.29, 1.82) is 0 Å². The zero-order valence-electron chi connectivity index (χ0n) is 65.5. The maximum absolute atomic E-state index is 12.8. The van der Waals surface area contributed by atoms with Crippen LogP contribution in [0, 0.1) is 0 Å². The maximum Gasteiger partial charge on any atom is 0.464 e. The predicted octanol–water partition coefficient (Wildman–Crippen LogP) is 18.1. The van der Waals surface area contributed by atoms with Gasteiger partial charge in [-0.25, -0.2) is 9.18 Å². The van der Waals surface area contributed by atoms with Crippen molar-refractivity contribution in [2.75, 3.05) is 112 Å². The zero-order chi connectivity index (χ0) is 98.5. The summed E-state index contributed by atoms with van der Waals surface area (Å²) < 4.78 is 463. The van der Waals surface area contributed by atoms with Gasteiger partial charge in [-0.15, -0.1) is 4.39 Å². The quantitative estimate of drug-likeness (QED) is 0.0127. The highest BCUT2D eigenvalue weighted by atomic mass is 28.5. The summed E-state index contributed by atoms with van der Waals surface area (Å²) >= 11 is 0. The largest absolute Gasteiger partial charge is 0.481 e. The van der Waals surface area contributed by atoms with Crippen LogP contribution in [0.2, 0.25) is 38.8 Å². The SMILES string of the molecule is C.C.C.C.CC(=O)O.CC(=O)O.CCCOCCOC[Si](C)(O[Si](C)(C)COCCOCC(C)OCC(C)OCC(C)OC(C)=O)O[Si](C)(COCCOCCC)O[Si](C)(CCCNC(=O)F)OC.FCC(F)(F)F.O=C(F)C(F)(F)C(F)(F)F.O=C(F)C(F)(F)C(F)(F)F.O=C(F)C(F)(F)C(F)(F)F.O=C(F)C(F)(F)C(F)(F)F.O=C(F)C(F)(F)C(F)(F)F. The number of ether oxygens (including phenoxy) is 9. The van der Waals surface area contributed by atoms with Crippen molar-refractivity contribution in [1.82, 2.24) is 5.32 Å².